The first kappa shape index (κ1) is 13.5. The fourth-order valence-corrected chi connectivity index (χ4v) is 2.51. The Balaban J connectivity index is 2.24. The summed E-state index contributed by atoms with van der Waals surface area (Å²) >= 11 is 5.60. The molecule has 2 aromatic rings. The van der Waals surface area contributed by atoms with E-state index >= 15 is 0 Å². The number of hydrogen-bond donors (Lipinski definition) is 1. The summed E-state index contributed by atoms with van der Waals surface area (Å²) < 4.78 is 2.00. The Labute approximate surface area is 128 Å². The van der Waals surface area contributed by atoms with Gasteiger partial charge in [-0.15, -0.1) is 0 Å². The van der Waals surface area contributed by atoms with E-state index in [1.54, 1.807) is 0 Å². The highest BCUT2D eigenvalue weighted by Gasteiger charge is 2.09. The second-order valence-electron chi connectivity index (χ2n) is 3.92. The molecule has 0 saturated carbocycles. The Morgan fingerprint density at radius 3 is 2.72 bits per heavy atom. The summed E-state index contributed by atoms with van der Waals surface area (Å²) in [6, 6.07) is 13.4. The Bertz CT molecular complexity index is 598. The van der Waals surface area contributed by atoms with Crippen LogP contribution in [0, 0.1) is 10.5 Å². The SMILES string of the molecule is Cc1ccc(Br)cc1C(=O)Nc1cccc(I)c1. The maximum atomic E-state index is 12.2. The van der Waals surface area contributed by atoms with Crippen LogP contribution in [0.1, 0.15) is 15.9 Å². The zero-order chi connectivity index (χ0) is 13.1. The lowest BCUT2D eigenvalue weighted by Crippen LogP contribution is -2.13. The Morgan fingerprint density at radius 2 is 2.00 bits per heavy atom. The van der Waals surface area contributed by atoms with Gasteiger partial charge in [-0.1, -0.05) is 28.1 Å². The van der Waals surface area contributed by atoms with E-state index in [1.165, 1.54) is 0 Å². The van der Waals surface area contributed by atoms with E-state index in [0.717, 1.165) is 19.3 Å². The molecule has 0 aliphatic carbocycles. The van der Waals surface area contributed by atoms with Gasteiger partial charge in [0.25, 0.3) is 5.91 Å². The minimum Gasteiger partial charge on any atom is -0.322 e. The third-order valence-corrected chi connectivity index (χ3v) is 3.69. The average Bonchev–Trinajstić information content (AvgIpc) is 2.32. The minimum atomic E-state index is -0.0872. The van der Waals surface area contributed by atoms with Crippen LogP contribution >= 0.6 is 38.5 Å². The second-order valence-corrected chi connectivity index (χ2v) is 6.09. The number of carbonyl (C=O) groups is 1. The monoisotopic (exact) mass is 415 g/mol. The standard InChI is InChI=1S/C14H11BrINO/c1-9-5-6-10(15)7-13(9)14(18)17-12-4-2-3-11(16)8-12/h2-8H,1H3,(H,17,18). The molecule has 0 radical (unpaired) electrons. The van der Waals surface area contributed by atoms with Gasteiger partial charge >= 0.3 is 0 Å². The van der Waals surface area contributed by atoms with Crippen LogP contribution in [-0.2, 0) is 0 Å². The van der Waals surface area contributed by atoms with Crippen LogP contribution in [-0.4, -0.2) is 5.91 Å². The third kappa shape index (κ3) is 3.32. The van der Waals surface area contributed by atoms with Gasteiger partial charge < -0.3 is 5.32 Å². The number of halogens is 2. The molecule has 0 saturated heterocycles. The topological polar surface area (TPSA) is 29.1 Å². The molecule has 2 aromatic carbocycles. The molecule has 18 heavy (non-hydrogen) atoms. The molecular weight excluding hydrogens is 405 g/mol. The first-order valence-corrected chi connectivity index (χ1v) is 7.26. The van der Waals surface area contributed by atoms with Gasteiger partial charge in [-0.05, 0) is 65.4 Å². The smallest absolute Gasteiger partial charge is 0.255 e. The first-order valence-electron chi connectivity index (χ1n) is 5.39. The predicted molar refractivity (Wildman–Crippen MR) is 86.0 cm³/mol. The predicted octanol–water partition coefficient (Wildman–Crippen LogP) is 4.61. The maximum Gasteiger partial charge on any atom is 0.255 e. The van der Waals surface area contributed by atoms with Gasteiger partial charge in [-0.2, -0.15) is 0 Å². The molecule has 1 amide bonds. The van der Waals surface area contributed by atoms with Gasteiger partial charge in [0.2, 0.25) is 0 Å². The van der Waals surface area contributed by atoms with Crippen molar-refractivity contribution in [2.75, 3.05) is 5.32 Å². The van der Waals surface area contributed by atoms with Crippen molar-refractivity contribution in [1.82, 2.24) is 0 Å². The fourth-order valence-electron chi connectivity index (χ4n) is 1.60. The van der Waals surface area contributed by atoms with E-state index in [9.17, 15) is 4.79 Å². The number of aryl methyl sites for hydroxylation is 1. The molecule has 0 aliphatic rings. The molecule has 0 bridgehead atoms. The Morgan fingerprint density at radius 1 is 1.22 bits per heavy atom. The highest BCUT2D eigenvalue weighted by Crippen LogP contribution is 2.18. The van der Waals surface area contributed by atoms with Crippen molar-refractivity contribution in [3.8, 4) is 0 Å². The molecule has 2 nitrogen and oxygen atoms in total. The molecule has 1 N–H and O–H groups in total. The van der Waals surface area contributed by atoms with Gasteiger partial charge in [-0.3, -0.25) is 4.79 Å². The molecule has 0 heterocycles. The molecular formula is C14H11BrINO. The van der Waals surface area contributed by atoms with Crippen molar-refractivity contribution < 1.29 is 4.79 Å². The quantitative estimate of drug-likeness (QED) is 0.712. The van der Waals surface area contributed by atoms with Crippen molar-refractivity contribution in [2.24, 2.45) is 0 Å². The van der Waals surface area contributed by atoms with Crippen LogP contribution < -0.4 is 5.32 Å². The van der Waals surface area contributed by atoms with Crippen LogP contribution in [0.2, 0.25) is 0 Å². The number of nitrogens with one attached hydrogen (secondary N) is 1. The summed E-state index contributed by atoms with van der Waals surface area (Å²) in [5.41, 5.74) is 2.45. The van der Waals surface area contributed by atoms with Crippen molar-refractivity contribution in [3.63, 3.8) is 0 Å². The van der Waals surface area contributed by atoms with Gasteiger partial charge in [0.15, 0.2) is 0 Å². The van der Waals surface area contributed by atoms with E-state index < -0.39 is 0 Å². The van der Waals surface area contributed by atoms with Crippen LogP contribution in [0.5, 0.6) is 0 Å². The largest absolute Gasteiger partial charge is 0.322 e. The molecule has 4 heteroatoms. The van der Waals surface area contributed by atoms with E-state index in [1.807, 2.05) is 49.4 Å². The Hall–Kier alpha value is -0.880. The summed E-state index contributed by atoms with van der Waals surface area (Å²) in [6.07, 6.45) is 0. The van der Waals surface area contributed by atoms with Crippen LogP contribution in [0.4, 0.5) is 5.69 Å². The molecule has 92 valence electrons. The van der Waals surface area contributed by atoms with Crippen molar-refractivity contribution in [1.29, 1.82) is 0 Å². The molecule has 2 rings (SSSR count). The van der Waals surface area contributed by atoms with Crippen LogP contribution in [0.3, 0.4) is 0 Å². The number of amides is 1. The van der Waals surface area contributed by atoms with Crippen molar-refractivity contribution in [2.45, 2.75) is 6.92 Å². The summed E-state index contributed by atoms with van der Waals surface area (Å²) in [5, 5.41) is 2.90. The molecule has 0 aromatic heterocycles. The zero-order valence-electron chi connectivity index (χ0n) is 9.71. The minimum absolute atomic E-state index is 0.0872. The fraction of sp³-hybridized carbons (Fsp3) is 0.0714. The van der Waals surface area contributed by atoms with E-state index in [4.69, 9.17) is 0 Å². The lowest BCUT2D eigenvalue weighted by molar-refractivity contribution is 0.102. The van der Waals surface area contributed by atoms with E-state index in [2.05, 4.69) is 43.8 Å². The highest BCUT2D eigenvalue weighted by molar-refractivity contribution is 14.1. The van der Waals surface area contributed by atoms with E-state index in [-0.39, 0.29) is 5.91 Å². The first-order chi connectivity index (χ1) is 8.56. The maximum absolute atomic E-state index is 12.2. The summed E-state index contributed by atoms with van der Waals surface area (Å²) in [6.45, 7) is 1.93. The lowest BCUT2D eigenvalue weighted by atomic mass is 10.1. The van der Waals surface area contributed by atoms with E-state index in [0.29, 0.717) is 5.56 Å². The normalized spacial score (nSPS) is 10.2. The van der Waals surface area contributed by atoms with Gasteiger partial charge in [0.05, 0.1) is 0 Å². The van der Waals surface area contributed by atoms with Crippen molar-refractivity contribution in [3.05, 3.63) is 61.6 Å². The Kier molecular flexibility index (Phi) is 4.40. The summed E-state index contributed by atoms with van der Waals surface area (Å²) in [4.78, 5) is 12.2. The molecule has 0 spiro atoms. The molecule has 0 aliphatic heterocycles. The van der Waals surface area contributed by atoms with Crippen molar-refractivity contribution >= 4 is 50.1 Å². The van der Waals surface area contributed by atoms with Gasteiger partial charge in [0.1, 0.15) is 0 Å². The number of hydrogen-bond acceptors (Lipinski definition) is 1. The molecule has 0 atom stereocenters. The van der Waals surface area contributed by atoms with Crippen LogP contribution in [0.25, 0.3) is 0 Å². The van der Waals surface area contributed by atoms with Crippen LogP contribution in [0.15, 0.2) is 46.9 Å². The molecule has 0 fully saturated rings. The third-order valence-electron chi connectivity index (χ3n) is 2.53. The number of benzene rings is 2. The van der Waals surface area contributed by atoms with Gasteiger partial charge in [-0.25, -0.2) is 0 Å². The number of anilines is 1. The lowest BCUT2D eigenvalue weighted by Gasteiger charge is -2.08. The summed E-state index contributed by atoms with van der Waals surface area (Å²) in [7, 11) is 0. The summed E-state index contributed by atoms with van der Waals surface area (Å²) in [5.74, 6) is -0.0872. The van der Waals surface area contributed by atoms with Gasteiger partial charge in [0, 0.05) is 19.3 Å². The highest BCUT2D eigenvalue weighted by atomic mass is 127. The number of carbonyl (C=O) groups excluding carboxylic acids is 1. The molecule has 0 unspecified atom stereocenters. The zero-order valence-corrected chi connectivity index (χ0v) is 13.4. The average molecular weight is 416 g/mol. The number of rotatable bonds is 2. The second kappa shape index (κ2) is 5.84.